The van der Waals surface area contributed by atoms with Gasteiger partial charge in [-0.1, -0.05) is 61.7 Å². The van der Waals surface area contributed by atoms with Crippen molar-refractivity contribution in [3.8, 4) is 6.07 Å². The molecule has 0 aromatic heterocycles. The quantitative estimate of drug-likeness (QED) is 0.505. The molecule has 1 aliphatic rings. The fourth-order valence-corrected chi connectivity index (χ4v) is 3.05. The van der Waals surface area contributed by atoms with E-state index < -0.39 is 0 Å². The van der Waals surface area contributed by atoms with E-state index in [1.165, 1.54) is 12.5 Å². The molecule has 1 aliphatic carbocycles. The normalized spacial score (nSPS) is 22.3. The Bertz CT molecular complexity index is 643. The summed E-state index contributed by atoms with van der Waals surface area (Å²) in [6.07, 6.45) is 7.58. The monoisotopic (exact) mass is 328 g/mol. The number of allylic oxidation sites excluding steroid dienone is 2. The van der Waals surface area contributed by atoms with Crippen LogP contribution in [0.3, 0.4) is 0 Å². The van der Waals surface area contributed by atoms with Gasteiger partial charge in [-0.15, -0.1) is 0 Å². The minimum Gasteiger partial charge on any atom is -0.348 e. The number of hydrogen-bond donors (Lipinski definition) is 1. The van der Waals surface area contributed by atoms with Crippen LogP contribution >= 0.6 is 11.6 Å². The summed E-state index contributed by atoms with van der Waals surface area (Å²) in [7, 11) is 0. The van der Waals surface area contributed by atoms with Crippen molar-refractivity contribution in [2.24, 2.45) is 5.92 Å². The van der Waals surface area contributed by atoms with Gasteiger partial charge < -0.3 is 5.32 Å². The summed E-state index contributed by atoms with van der Waals surface area (Å²) < 4.78 is 0. The van der Waals surface area contributed by atoms with Crippen LogP contribution in [-0.2, 0) is 4.79 Å². The molecule has 120 valence electrons. The molecule has 1 saturated carbocycles. The van der Waals surface area contributed by atoms with E-state index in [0.29, 0.717) is 11.0 Å². The Kier molecular flexibility index (Phi) is 6.43. The van der Waals surface area contributed by atoms with Crippen LogP contribution in [0.15, 0.2) is 47.0 Å². The van der Waals surface area contributed by atoms with Gasteiger partial charge in [0, 0.05) is 11.1 Å². The summed E-state index contributed by atoms with van der Waals surface area (Å²) in [5.41, 5.74) is 0.965. The second-order valence-corrected chi connectivity index (χ2v) is 6.39. The minimum atomic E-state index is -0.342. The van der Waals surface area contributed by atoms with E-state index in [9.17, 15) is 10.1 Å². The highest BCUT2D eigenvalue weighted by Crippen LogP contribution is 2.24. The molecule has 23 heavy (non-hydrogen) atoms. The molecule has 0 saturated heterocycles. The topological polar surface area (TPSA) is 52.9 Å². The van der Waals surface area contributed by atoms with E-state index >= 15 is 0 Å². The van der Waals surface area contributed by atoms with Crippen LogP contribution in [0.2, 0.25) is 0 Å². The molecule has 2 atom stereocenters. The van der Waals surface area contributed by atoms with Gasteiger partial charge in [-0.25, -0.2) is 0 Å². The molecule has 2 rings (SSSR count). The van der Waals surface area contributed by atoms with Gasteiger partial charge in [0.15, 0.2) is 0 Å². The van der Waals surface area contributed by atoms with E-state index in [1.54, 1.807) is 6.08 Å². The van der Waals surface area contributed by atoms with Crippen molar-refractivity contribution in [3.05, 3.63) is 52.6 Å². The van der Waals surface area contributed by atoms with Crippen molar-refractivity contribution in [2.75, 3.05) is 0 Å². The summed E-state index contributed by atoms with van der Waals surface area (Å²) in [4.78, 5) is 12.3. The molecular formula is C19H21ClN2O. The average Bonchev–Trinajstić information content (AvgIpc) is 2.55. The minimum absolute atomic E-state index is 0.0416. The molecule has 1 aromatic rings. The molecule has 0 unspecified atom stereocenters. The largest absolute Gasteiger partial charge is 0.348 e. The van der Waals surface area contributed by atoms with Gasteiger partial charge in [0.2, 0.25) is 0 Å². The van der Waals surface area contributed by atoms with Crippen molar-refractivity contribution >= 4 is 23.6 Å². The standard InChI is InChI=1S/C19H21ClN2O/c1-14-7-5-6-10-18(14)22-19(23)16(13-21)12-17(20)11-15-8-3-2-4-9-15/h2-4,8-9,11-12,14,18H,5-7,10H2,1H3,(H,22,23)/b16-12+,17-11-/t14-,18-/m1/s1. The molecule has 0 aliphatic heterocycles. The van der Waals surface area contributed by atoms with Crippen LogP contribution in [0.4, 0.5) is 0 Å². The zero-order valence-corrected chi connectivity index (χ0v) is 14.0. The van der Waals surface area contributed by atoms with Crippen LogP contribution in [0.1, 0.15) is 38.2 Å². The van der Waals surface area contributed by atoms with Crippen molar-refractivity contribution in [2.45, 2.75) is 38.6 Å². The van der Waals surface area contributed by atoms with E-state index in [-0.39, 0.29) is 17.5 Å². The zero-order valence-electron chi connectivity index (χ0n) is 13.3. The number of nitrogens with one attached hydrogen (secondary N) is 1. The van der Waals surface area contributed by atoms with Gasteiger partial charge in [-0.2, -0.15) is 5.26 Å². The second-order valence-electron chi connectivity index (χ2n) is 5.95. The highest BCUT2D eigenvalue weighted by atomic mass is 35.5. The van der Waals surface area contributed by atoms with E-state index in [1.807, 2.05) is 36.4 Å². The van der Waals surface area contributed by atoms with Gasteiger partial charge in [-0.3, -0.25) is 4.79 Å². The van der Waals surface area contributed by atoms with Crippen LogP contribution in [0.25, 0.3) is 6.08 Å². The van der Waals surface area contributed by atoms with Crippen molar-refractivity contribution in [1.29, 1.82) is 5.26 Å². The van der Waals surface area contributed by atoms with Gasteiger partial charge in [0.05, 0.1) is 0 Å². The third-order valence-electron chi connectivity index (χ3n) is 4.18. The number of hydrogen-bond acceptors (Lipinski definition) is 2. The first-order chi connectivity index (χ1) is 11.1. The average molecular weight is 329 g/mol. The summed E-state index contributed by atoms with van der Waals surface area (Å²) in [6, 6.07) is 11.6. The van der Waals surface area contributed by atoms with E-state index in [4.69, 9.17) is 11.6 Å². The first kappa shape index (κ1) is 17.3. The number of carbonyl (C=O) groups excluding carboxylic acids is 1. The number of carbonyl (C=O) groups is 1. The van der Waals surface area contributed by atoms with Crippen LogP contribution in [0, 0.1) is 17.2 Å². The highest BCUT2D eigenvalue weighted by molar-refractivity contribution is 6.33. The molecule has 1 N–H and O–H groups in total. The summed E-state index contributed by atoms with van der Waals surface area (Å²) in [6.45, 7) is 2.14. The fraction of sp³-hybridized carbons (Fsp3) is 0.368. The first-order valence-electron chi connectivity index (χ1n) is 7.95. The molecular weight excluding hydrogens is 308 g/mol. The van der Waals surface area contributed by atoms with E-state index in [2.05, 4.69) is 12.2 Å². The van der Waals surface area contributed by atoms with Crippen LogP contribution < -0.4 is 5.32 Å². The maximum Gasteiger partial charge on any atom is 0.262 e. The molecule has 1 aromatic carbocycles. The van der Waals surface area contributed by atoms with Crippen molar-refractivity contribution in [1.82, 2.24) is 5.32 Å². The van der Waals surface area contributed by atoms with Gasteiger partial charge in [0.25, 0.3) is 5.91 Å². The molecule has 4 heteroatoms. The molecule has 0 bridgehead atoms. The van der Waals surface area contributed by atoms with Gasteiger partial charge in [0.1, 0.15) is 11.6 Å². The van der Waals surface area contributed by atoms with Gasteiger partial charge in [-0.05, 0) is 36.5 Å². The molecule has 0 heterocycles. The predicted octanol–water partition coefficient (Wildman–Crippen LogP) is 4.41. The predicted molar refractivity (Wildman–Crippen MR) is 93.5 cm³/mol. The molecule has 0 spiro atoms. The lowest BCUT2D eigenvalue weighted by molar-refractivity contribution is -0.118. The lowest BCUT2D eigenvalue weighted by atomic mass is 9.86. The number of benzene rings is 1. The van der Waals surface area contributed by atoms with E-state index in [0.717, 1.165) is 24.8 Å². The smallest absolute Gasteiger partial charge is 0.262 e. The van der Waals surface area contributed by atoms with Crippen molar-refractivity contribution < 1.29 is 4.79 Å². The Balaban J connectivity index is 2.07. The molecule has 1 amide bonds. The number of halogens is 1. The van der Waals surface area contributed by atoms with Gasteiger partial charge >= 0.3 is 0 Å². The lowest BCUT2D eigenvalue weighted by Gasteiger charge is -2.29. The number of nitrogens with zero attached hydrogens (tertiary/aromatic N) is 1. The summed E-state index contributed by atoms with van der Waals surface area (Å²) >= 11 is 6.16. The third-order valence-corrected chi connectivity index (χ3v) is 4.40. The Morgan fingerprint density at radius 2 is 2.00 bits per heavy atom. The molecule has 3 nitrogen and oxygen atoms in total. The Hall–Kier alpha value is -2.05. The van der Waals surface area contributed by atoms with Crippen LogP contribution in [0.5, 0.6) is 0 Å². The second kappa shape index (κ2) is 8.55. The summed E-state index contributed by atoms with van der Waals surface area (Å²) in [5, 5.41) is 12.6. The summed E-state index contributed by atoms with van der Waals surface area (Å²) in [5.74, 6) is 0.105. The maximum atomic E-state index is 12.3. The Morgan fingerprint density at radius 3 is 2.65 bits per heavy atom. The number of rotatable bonds is 4. The maximum absolute atomic E-state index is 12.3. The molecule has 0 radical (unpaired) electrons. The third kappa shape index (κ3) is 5.26. The lowest BCUT2D eigenvalue weighted by Crippen LogP contribution is -2.41. The highest BCUT2D eigenvalue weighted by Gasteiger charge is 2.24. The number of amides is 1. The Labute approximate surface area is 142 Å². The first-order valence-corrected chi connectivity index (χ1v) is 8.33. The van der Waals surface area contributed by atoms with Crippen LogP contribution in [-0.4, -0.2) is 11.9 Å². The zero-order chi connectivity index (χ0) is 16.7. The number of nitriles is 1. The SMILES string of the molecule is C[C@@H]1CCCC[C@H]1NC(=O)/C(C#N)=C/C(Cl)=C/c1ccccc1. The van der Waals surface area contributed by atoms with Crippen molar-refractivity contribution in [3.63, 3.8) is 0 Å². The Morgan fingerprint density at radius 1 is 1.30 bits per heavy atom. The fourth-order valence-electron chi connectivity index (χ4n) is 2.81. The molecule has 1 fully saturated rings.